The van der Waals surface area contributed by atoms with Crippen molar-refractivity contribution in [3.63, 3.8) is 0 Å². The minimum Gasteiger partial charge on any atom is -0.378 e. The number of alkyl halides is 2. The first-order valence-electron chi connectivity index (χ1n) is 10.2. The summed E-state index contributed by atoms with van der Waals surface area (Å²) in [5, 5.41) is 3.01. The molecule has 0 saturated carbocycles. The van der Waals surface area contributed by atoms with Crippen molar-refractivity contribution in [2.24, 2.45) is 0 Å². The van der Waals surface area contributed by atoms with E-state index in [1.807, 2.05) is 0 Å². The van der Waals surface area contributed by atoms with Gasteiger partial charge in [-0.25, -0.2) is 18.2 Å². The van der Waals surface area contributed by atoms with Crippen LogP contribution in [-0.4, -0.2) is 65.1 Å². The smallest absolute Gasteiger partial charge is 0.256 e. The fourth-order valence-corrected chi connectivity index (χ4v) is 3.91. The summed E-state index contributed by atoms with van der Waals surface area (Å²) in [5.41, 5.74) is 0.154. The first kappa shape index (κ1) is 14.9. The quantitative estimate of drug-likeness (QED) is 0.875. The predicted octanol–water partition coefficient (Wildman–Crippen LogP) is 2.03. The first-order chi connectivity index (χ1) is 14.1. The van der Waals surface area contributed by atoms with Crippen LogP contribution < -0.4 is 5.32 Å². The third-order valence-corrected chi connectivity index (χ3v) is 5.12. The molecule has 2 aliphatic rings. The number of rotatable bonds is 4. The number of halogens is 3. The molecule has 2 aromatic heterocycles. The van der Waals surface area contributed by atoms with E-state index in [-0.39, 0.29) is 47.9 Å². The molecule has 2 fully saturated rings. The number of morpholine rings is 1. The van der Waals surface area contributed by atoms with Crippen LogP contribution in [0.4, 0.5) is 13.2 Å². The van der Waals surface area contributed by atoms with E-state index in [1.54, 1.807) is 0 Å². The third-order valence-electron chi connectivity index (χ3n) is 5.12. The summed E-state index contributed by atoms with van der Waals surface area (Å²) in [6.07, 6.45) is 0.260. The molecule has 3 atom stereocenters. The maximum absolute atomic E-state index is 13.7. The standard InChI is InChI=1S/C18H21F3N4O2/c1-24-12-3-11(4-13(24)9-27-8-12)23-18(26)15-6-25(7-16(20)21)17-14(15)2-10(19)5-22-17/h2,5-6,11-13,16H,3-4,7-9H2,1H3,(H,23,26)/t11-,12-,13+/i1D3. The van der Waals surface area contributed by atoms with Crippen LogP contribution in [0.25, 0.3) is 11.0 Å². The Morgan fingerprint density at radius 3 is 2.85 bits per heavy atom. The number of hydrogen-bond donors (Lipinski definition) is 1. The highest BCUT2D eigenvalue weighted by molar-refractivity contribution is 6.06. The zero-order valence-electron chi connectivity index (χ0n) is 17.4. The molecule has 146 valence electrons. The van der Waals surface area contributed by atoms with Gasteiger partial charge in [0.25, 0.3) is 12.3 Å². The van der Waals surface area contributed by atoms with Gasteiger partial charge in [0.1, 0.15) is 11.5 Å². The van der Waals surface area contributed by atoms with Crippen molar-refractivity contribution in [3.8, 4) is 0 Å². The molecule has 0 radical (unpaired) electrons. The first-order valence-corrected chi connectivity index (χ1v) is 8.73. The van der Waals surface area contributed by atoms with E-state index in [1.165, 1.54) is 11.1 Å². The van der Waals surface area contributed by atoms with Gasteiger partial charge in [-0.1, -0.05) is 0 Å². The molecule has 1 amide bonds. The van der Waals surface area contributed by atoms with Crippen LogP contribution >= 0.6 is 0 Å². The zero-order valence-corrected chi connectivity index (χ0v) is 14.4. The average Bonchev–Trinajstić information content (AvgIpc) is 2.97. The predicted molar refractivity (Wildman–Crippen MR) is 92.3 cm³/mol. The normalized spacial score (nSPS) is 28.0. The molecule has 2 aromatic rings. The number of pyridine rings is 1. The molecule has 2 bridgehead atoms. The van der Waals surface area contributed by atoms with Crippen LogP contribution in [0.5, 0.6) is 0 Å². The van der Waals surface area contributed by atoms with Crippen LogP contribution in [0.1, 0.15) is 27.3 Å². The molecule has 0 unspecified atom stereocenters. The lowest BCUT2D eigenvalue weighted by Gasteiger charge is -2.46. The van der Waals surface area contributed by atoms with Crippen LogP contribution in [0, 0.1) is 5.82 Å². The third kappa shape index (κ3) is 3.53. The maximum atomic E-state index is 13.7. The van der Waals surface area contributed by atoms with Crippen LogP contribution in [0.15, 0.2) is 18.5 Å². The van der Waals surface area contributed by atoms with Crippen molar-refractivity contribution in [1.29, 1.82) is 0 Å². The highest BCUT2D eigenvalue weighted by atomic mass is 19.3. The molecule has 27 heavy (non-hydrogen) atoms. The number of hydrogen-bond acceptors (Lipinski definition) is 4. The van der Waals surface area contributed by atoms with Crippen molar-refractivity contribution < 1.29 is 26.8 Å². The highest BCUT2D eigenvalue weighted by Crippen LogP contribution is 2.27. The number of likely N-dealkylation sites (N-methyl/N-ethyl adjacent to an activating group) is 1. The molecule has 0 spiro atoms. The van der Waals surface area contributed by atoms with Crippen molar-refractivity contribution in [1.82, 2.24) is 19.8 Å². The van der Waals surface area contributed by atoms with Gasteiger partial charge in [0, 0.05) is 33.8 Å². The second-order valence-electron chi connectivity index (χ2n) is 7.01. The van der Waals surface area contributed by atoms with E-state index >= 15 is 0 Å². The molecular weight excluding hydrogens is 361 g/mol. The van der Waals surface area contributed by atoms with Gasteiger partial charge in [-0.3, -0.25) is 9.69 Å². The largest absolute Gasteiger partial charge is 0.378 e. The lowest BCUT2D eigenvalue weighted by Crippen LogP contribution is -2.59. The van der Waals surface area contributed by atoms with Crippen LogP contribution in [-0.2, 0) is 11.3 Å². The van der Waals surface area contributed by atoms with E-state index < -0.39 is 31.7 Å². The van der Waals surface area contributed by atoms with Gasteiger partial charge in [0.15, 0.2) is 0 Å². The van der Waals surface area contributed by atoms with Gasteiger partial charge in [-0.15, -0.1) is 0 Å². The van der Waals surface area contributed by atoms with Gasteiger partial charge in [0.05, 0.1) is 31.5 Å². The number of nitrogens with zero attached hydrogens (tertiary/aromatic N) is 3. The van der Waals surface area contributed by atoms with Crippen molar-refractivity contribution in [3.05, 3.63) is 29.8 Å². The summed E-state index contributed by atoms with van der Waals surface area (Å²) in [7, 11) is 0. The Labute approximate surface area is 158 Å². The highest BCUT2D eigenvalue weighted by Gasteiger charge is 2.37. The van der Waals surface area contributed by atoms with Crippen LogP contribution in [0.2, 0.25) is 0 Å². The second-order valence-corrected chi connectivity index (χ2v) is 7.01. The molecule has 1 N–H and O–H groups in total. The average molecular weight is 385 g/mol. The summed E-state index contributed by atoms with van der Waals surface area (Å²) < 4.78 is 69.3. The Morgan fingerprint density at radius 2 is 2.19 bits per heavy atom. The lowest BCUT2D eigenvalue weighted by atomic mass is 9.90. The summed E-state index contributed by atoms with van der Waals surface area (Å²) in [6, 6.07) is 0.0492. The molecule has 9 heteroatoms. The van der Waals surface area contributed by atoms with Crippen LogP contribution in [0.3, 0.4) is 0 Å². The molecular formula is C18H21F3N4O2. The Bertz CT molecular complexity index is 939. The number of aromatic nitrogens is 2. The van der Waals surface area contributed by atoms with Gasteiger partial charge >= 0.3 is 0 Å². The van der Waals surface area contributed by atoms with E-state index in [0.29, 0.717) is 12.8 Å². The molecule has 6 nitrogen and oxygen atoms in total. The molecule has 2 saturated heterocycles. The molecule has 4 rings (SSSR count). The van der Waals surface area contributed by atoms with Gasteiger partial charge in [-0.2, -0.15) is 0 Å². The Balaban J connectivity index is 1.56. The summed E-state index contributed by atoms with van der Waals surface area (Å²) in [5.74, 6) is -1.21. The van der Waals surface area contributed by atoms with E-state index in [0.717, 1.165) is 16.8 Å². The zero-order chi connectivity index (χ0) is 21.6. The minimum atomic E-state index is -2.66. The summed E-state index contributed by atoms with van der Waals surface area (Å²) in [6.45, 7) is -2.41. The maximum Gasteiger partial charge on any atom is 0.256 e. The van der Waals surface area contributed by atoms with Gasteiger partial charge in [0.2, 0.25) is 0 Å². The fraction of sp³-hybridized carbons (Fsp3) is 0.556. The topological polar surface area (TPSA) is 59.4 Å². The Morgan fingerprint density at radius 1 is 1.44 bits per heavy atom. The van der Waals surface area contributed by atoms with Crippen molar-refractivity contribution in [2.45, 2.75) is 43.9 Å². The SMILES string of the molecule is [2H]C([2H])([2H])N1[C@@H]2COC[C@H]1C[C@@H](NC(=O)c1cn(CC(F)F)c3ncc(F)cc13)C2. The van der Waals surface area contributed by atoms with E-state index in [4.69, 9.17) is 8.85 Å². The monoisotopic (exact) mass is 385 g/mol. The van der Waals surface area contributed by atoms with E-state index in [9.17, 15) is 18.0 Å². The molecule has 0 aliphatic carbocycles. The minimum absolute atomic E-state index is 0.0531. The second kappa shape index (κ2) is 7.12. The number of carbonyl (C=O) groups excluding carboxylic acids is 1. The van der Waals surface area contributed by atoms with E-state index in [2.05, 4.69) is 10.3 Å². The number of ether oxygens (including phenoxy) is 1. The van der Waals surface area contributed by atoms with Gasteiger partial charge < -0.3 is 14.6 Å². The van der Waals surface area contributed by atoms with Crippen molar-refractivity contribution in [2.75, 3.05) is 20.2 Å². The number of fused-ring (bicyclic) bond motifs is 3. The molecule has 0 aromatic carbocycles. The lowest BCUT2D eigenvalue weighted by molar-refractivity contribution is -0.0670. The molecule has 2 aliphatic heterocycles. The van der Waals surface area contributed by atoms with Gasteiger partial charge in [-0.05, 0) is 25.9 Å². The Kier molecular flexibility index (Phi) is 3.92. The number of carbonyl (C=O) groups is 1. The number of amides is 1. The van der Waals surface area contributed by atoms with Crippen molar-refractivity contribution >= 4 is 16.9 Å². The Hall–Kier alpha value is -2.13. The summed E-state index contributed by atoms with van der Waals surface area (Å²) in [4.78, 5) is 18.2. The number of piperidine rings is 1. The number of nitrogens with one attached hydrogen (secondary N) is 1. The fourth-order valence-electron chi connectivity index (χ4n) is 3.91. The molecule has 4 heterocycles. The summed E-state index contributed by atoms with van der Waals surface area (Å²) >= 11 is 0.